The minimum Gasteiger partial charge on any atom is -0.106 e. The van der Waals surface area contributed by atoms with Gasteiger partial charge in [-0.05, 0) is 17.5 Å². The van der Waals surface area contributed by atoms with Crippen LogP contribution in [0.5, 0.6) is 0 Å². The highest BCUT2D eigenvalue weighted by Gasteiger charge is 2.03. The lowest BCUT2D eigenvalue weighted by Crippen LogP contribution is -1.88. The maximum atomic E-state index is 4.19. The van der Waals surface area contributed by atoms with E-state index < -0.39 is 0 Å². The van der Waals surface area contributed by atoms with Crippen LogP contribution in [0.15, 0.2) is 29.2 Å². The SMILES string of the molecule is CC(C)c1ccccc1SS. The Balaban J connectivity index is 3.02. The van der Waals surface area contributed by atoms with E-state index in [0.717, 1.165) is 0 Å². The third-order valence-electron chi connectivity index (χ3n) is 1.64. The van der Waals surface area contributed by atoms with Gasteiger partial charge in [-0.15, -0.1) is 11.7 Å². The molecule has 0 aliphatic heterocycles. The zero-order chi connectivity index (χ0) is 8.27. The third kappa shape index (κ3) is 2.17. The summed E-state index contributed by atoms with van der Waals surface area (Å²) in [5, 5.41) is 0. The van der Waals surface area contributed by atoms with E-state index in [-0.39, 0.29) is 0 Å². The minimum absolute atomic E-state index is 0.589. The van der Waals surface area contributed by atoms with E-state index in [9.17, 15) is 0 Å². The first-order valence-electron chi connectivity index (χ1n) is 3.66. The quantitative estimate of drug-likeness (QED) is 0.539. The van der Waals surface area contributed by atoms with Crippen molar-refractivity contribution in [3.05, 3.63) is 29.8 Å². The van der Waals surface area contributed by atoms with Gasteiger partial charge < -0.3 is 0 Å². The third-order valence-corrected chi connectivity index (χ3v) is 2.80. The van der Waals surface area contributed by atoms with Crippen molar-refractivity contribution in [3.8, 4) is 0 Å². The van der Waals surface area contributed by atoms with Crippen molar-refractivity contribution in [1.29, 1.82) is 0 Å². The summed E-state index contributed by atoms with van der Waals surface area (Å²) in [7, 11) is 1.52. The first-order chi connectivity index (χ1) is 5.25. The Kier molecular flexibility index (Phi) is 3.34. The van der Waals surface area contributed by atoms with E-state index in [4.69, 9.17) is 0 Å². The Morgan fingerprint density at radius 3 is 2.36 bits per heavy atom. The highest BCUT2D eigenvalue weighted by Crippen LogP contribution is 2.29. The van der Waals surface area contributed by atoms with Crippen molar-refractivity contribution in [2.24, 2.45) is 0 Å². The molecule has 0 unspecified atom stereocenters. The van der Waals surface area contributed by atoms with Gasteiger partial charge in [-0.1, -0.05) is 42.8 Å². The molecule has 0 aliphatic carbocycles. The molecule has 0 nitrogen and oxygen atoms in total. The van der Waals surface area contributed by atoms with Gasteiger partial charge in [0.2, 0.25) is 0 Å². The smallest absolute Gasteiger partial charge is 0.0214 e. The van der Waals surface area contributed by atoms with Gasteiger partial charge in [0.25, 0.3) is 0 Å². The standard InChI is InChI=1S/C9H12S2/c1-7(2)8-5-3-4-6-9(8)11-10/h3-7,10H,1-2H3. The highest BCUT2D eigenvalue weighted by atomic mass is 33.1. The summed E-state index contributed by atoms with van der Waals surface area (Å²) in [6.07, 6.45) is 0. The number of benzene rings is 1. The van der Waals surface area contributed by atoms with Gasteiger partial charge >= 0.3 is 0 Å². The Labute approximate surface area is 77.2 Å². The Morgan fingerprint density at radius 1 is 1.27 bits per heavy atom. The molecule has 1 aromatic rings. The van der Waals surface area contributed by atoms with Gasteiger partial charge in [0.15, 0.2) is 0 Å². The van der Waals surface area contributed by atoms with Crippen molar-refractivity contribution < 1.29 is 0 Å². The second-order valence-corrected chi connectivity index (χ2v) is 3.95. The maximum absolute atomic E-state index is 4.19. The molecule has 0 heterocycles. The molecule has 60 valence electrons. The molecular formula is C9H12S2. The normalized spacial score (nSPS) is 10.5. The predicted octanol–water partition coefficient (Wildman–Crippen LogP) is 3.75. The van der Waals surface area contributed by atoms with Crippen molar-refractivity contribution in [3.63, 3.8) is 0 Å². The fraction of sp³-hybridized carbons (Fsp3) is 0.333. The largest absolute Gasteiger partial charge is 0.106 e. The number of rotatable bonds is 2. The van der Waals surface area contributed by atoms with Gasteiger partial charge in [0.05, 0.1) is 0 Å². The average molecular weight is 184 g/mol. The second kappa shape index (κ2) is 4.07. The minimum atomic E-state index is 0.589. The molecule has 0 bridgehead atoms. The maximum Gasteiger partial charge on any atom is 0.0214 e. The molecule has 11 heavy (non-hydrogen) atoms. The van der Waals surface area contributed by atoms with Crippen LogP contribution in [-0.2, 0) is 0 Å². The predicted molar refractivity (Wildman–Crippen MR) is 55.4 cm³/mol. The fourth-order valence-electron chi connectivity index (χ4n) is 1.04. The van der Waals surface area contributed by atoms with Crippen LogP contribution in [0.2, 0.25) is 0 Å². The fourth-order valence-corrected chi connectivity index (χ4v) is 2.09. The molecule has 0 amide bonds. The highest BCUT2D eigenvalue weighted by molar-refractivity contribution is 8.68. The Hall–Kier alpha value is -0.0800. The molecule has 0 spiro atoms. The van der Waals surface area contributed by atoms with Crippen LogP contribution in [0, 0.1) is 0 Å². The van der Waals surface area contributed by atoms with Gasteiger partial charge in [-0.3, -0.25) is 0 Å². The van der Waals surface area contributed by atoms with Crippen LogP contribution < -0.4 is 0 Å². The summed E-state index contributed by atoms with van der Waals surface area (Å²) in [4.78, 5) is 1.27. The van der Waals surface area contributed by atoms with E-state index in [2.05, 4.69) is 43.7 Å². The Morgan fingerprint density at radius 2 is 1.91 bits per heavy atom. The first-order valence-corrected chi connectivity index (χ1v) is 5.53. The summed E-state index contributed by atoms with van der Waals surface area (Å²) < 4.78 is 0. The summed E-state index contributed by atoms with van der Waals surface area (Å²) in [5.41, 5.74) is 1.38. The van der Waals surface area contributed by atoms with Crippen LogP contribution in [0.1, 0.15) is 25.3 Å². The topological polar surface area (TPSA) is 0 Å². The summed E-state index contributed by atoms with van der Waals surface area (Å²) in [6, 6.07) is 8.38. The number of thiol groups is 1. The molecule has 2 heteroatoms. The zero-order valence-corrected chi connectivity index (χ0v) is 8.45. The van der Waals surface area contributed by atoms with Crippen LogP contribution in [0.3, 0.4) is 0 Å². The average Bonchev–Trinajstić information content (AvgIpc) is 2.04. The number of hydrogen-bond acceptors (Lipinski definition) is 2. The van der Waals surface area contributed by atoms with Gasteiger partial charge in [0.1, 0.15) is 0 Å². The van der Waals surface area contributed by atoms with Crippen LogP contribution >= 0.6 is 22.5 Å². The van der Waals surface area contributed by atoms with Crippen LogP contribution in [0.25, 0.3) is 0 Å². The summed E-state index contributed by atoms with van der Waals surface area (Å²) in [6.45, 7) is 4.39. The van der Waals surface area contributed by atoms with E-state index in [1.807, 2.05) is 6.07 Å². The van der Waals surface area contributed by atoms with Crippen molar-refractivity contribution in [2.45, 2.75) is 24.7 Å². The van der Waals surface area contributed by atoms with E-state index in [1.54, 1.807) is 0 Å². The number of hydrogen-bond donors (Lipinski definition) is 1. The molecular weight excluding hydrogens is 172 g/mol. The molecule has 0 atom stereocenters. The van der Waals surface area contributed by atoms with E-state index in [0.29, 0.717) is 5.92 Å². The van der Waals surface area contributed by atoms with Crippen molar-refractivity contribution in [1.82, 2.24) is 0 Å². The second-order valence-electron chi connectivity index (χ2n) is 2.78. The monoisotopic (exact) mass is 184 g/mol. The lowest BCUT2D eigenvalue weighted by atomic mass is 10.0. The Bertz CT molecular complexity index is 231. The van der Waals surface area contributed by atoms with Gasteiger partial charge in [-0.2, -0.15) is 0 Å². The van der Waals surface area contributed by atoms with Gasteiger partial charge in [-0.25, -0.2) is 0 Å². The van der Waals surface area contributed by atoms with E-state index >= 15 is 0 Å². The van der Waals surface area contributed by atoms with Gasteiger partial charge in [0, 0.05) is 4.90 Å². The summed E-state index contributed by atoms with van der Waals surface area (Å²) >= 11 is 4.19. The molecule has 0 saturated heterocycles. The molecule has 0 fully saturated rings. The molecule has 0 aliphatic rings. The van der Waals surface area contributed by atoms with E-state index in [1.165, 1.54) is 21.3 Å². The molecule has 0 saturated carbocycles. The zero-order valence-electron chi connectivity index (χ0n) is 6.74. The lowest BCUT2D eigenvalue weighted by molar-refractivity contribution is 0.843. The molecule has 0 aromatic heterocycles. The molecule has 0 N–H and O–H groups in total. The summed E-state index contributed by atoms with van der Waals surface area (Å²) in [5.74, 6) is 0.589. The lowest BCUT2D eigenvalue weighted by Gasteiger charge is -2.08. The van der Waals surface area contributed by atoms with Crippen LogP contribution in [-0.4, -0.2) is 0 Å². The van der Waals surface area contributed by atoms with Crippen molar-refractivity contribution in [2.75, 3.05) is 0 Å². The van der Waals surface area contributed by atoms with Crippen LogP contribution in [0.4, 0.5) is 0 Å². The molecule has 1 rings (SSSR count). The first kappa shape index (κ1) is 9.01. The molecule has 0 radical (unpaired) electrons. The molecule has 1 aromatic carbocycles. The van der Waals surface area contributed by atoms with Crippen molar-refractivity contribution >= 4 is 22.5 Å².